The highest BCUT2D eigenvalue weighted by Gasteiger charge is 2.28. The SMILES string of the molecule is Cc1cccc(OC2CCCCC2NC(=O)CNC(=O)c2cccs2)c1. The first kappa shape index (κ1) is 18.5. The Kier molecular flexibility index (Phi) is 6.28. The van der Waals surface area contributed by atoms with Crippen LogP contribution in [0, 0.1) is 6.92 Å². The lowest BCUT2D eigenvalue weighted by molar-refractivity contribution is -0.121. The number of hydrogen-bond acceptors (Lipinski definition) is 4. The summed E-state index contributed by atoms with van der Waals surface area (Å²) in [4.78, 5) is 24.8. The topological polar surface area (TPSA) is 67.4 Å². The number of thiophene rings is 1. The van der Waals surface area contributed by atoms with E-state index in [0.717, 1.165) is 37.0 Å². The lowest BCUT2D eigenvalue weighted by Gasteiger charge is -2.32. The van der Waals surface area contributed by atoms with Gasteiger partial charge in [-0.2, -0.15) is 0 Å². The van der Waals surface area contributed by atoms with Gasteiger partial charge >= 0.3 is 0 Å². The molecular weight excluding hydrogens is 348 g/mol. The molecule has 1 fully saturated rings. The maximum atomic E-state index is 12.3. The molecule has 1 heterocycles. The molecule has 6 heteroatoms. The third-order valence-electron chi connectivity index (χ3n) is 4.48. The fourth-order valence-electron chi connectivity index (χ4n) is 3.18. The molecule has 0 aliphatic heterocycles. The van der Waals surface area contributed by atoms with Crippen molar-refractivity contribution in [2.75, 3.05) is 6.54 Å². The van der Waals surface area contributed by atoms with Gasteiger partial charge in [0.2, 0.25) is 5.91 Å². The van der Waals surface area contributed by atoms with E-state index in [9.17, 15) is 9.59 Å². The number of carbonyl (C=O) groups is 2. The second kappa shape index (κ2) is 8.85. The molecule has 1 aromatic heterocycles. The zero-order chi connectivity index (χ0) is 18.4. The van der Waals surface area contributed by atoms with E-state index < -0.39 is 0 Å². The van der Waals surface area contributed by atoms with Crippen molar-refractivity contribution < 1.29 is 14.3 Å². The first-order chi connectivity index (χ1) is 12.6. The highest BCUT2D eigenvalue weighted by molar-refractivity contribution is 7.12. The molecule has 138 valence electrons. The van der Waals surface area contributed by atoms with Crippen LogP contribution in [0.4, 0.5) is 0 Å². The molecule has 3 rings (SSSR count). The second-order valence-electron chi connectivity index (χ2n) is 6.59. The third kappa shape index (κ3) is 5.08. The number of benzene rings is 1. The van der Waals surface area contributed by atoms with Crippen LogP contribution >= 0.6 is 11.3 Å². The van der Waals surface area contributed by atoms with Crippen LogP contribution in [0.5, 0.6) is 5.75 Å². The number of aryl methyl sites for hydroxylation is 1. The first-order valence-electron chi connectivity index (χ1n) is 8.96. The van der Waals surface area contributed by atoms with E-state index in [0.29, 0.717) is 4.88 Å². The molecule has 2 atom stereocenters. The summed E-state index contributed by atoms with van der Waals surface area (Å²) in [5, 5.41) is 7.53. The van der Waals surface area contributed by atoms with Crippen molar-refractivity contribution >= 4 is 23.2 Å². The Morgan fingerprint density at radius 3 is 2.81 bits per heavy atom. The molecule has 5 nitrogen and oxygen atoms in total. The quantitative estimate of drug-likeness (QED) is 0.818. The number of ether oxygens (including phenoxy) is 1. The van der Waals surface area contributed by atoms with Crippen molar-refractivity contribution in [1.29, 1.82) is 0 Å². The minimum absolute atomic E-state index is 0.0234. The molecule has 1 aliphatic rings. The van der Waals surface area contributed by atoms with Crippen molar-refractivity contribution in [2.45, 2.75) is 44.8 Å². The van der Waals surface area contributed by atoms with Crippen molar-refractivity contribution in [2.24, 2.45) is 0 Å². The van der Waals surface area contributed by atoms with Gasteiger partial charge in [0.05, 0.1) is 17.5 Å². The van der Waals surface area contributed by atoms with Gasteiger partial charge in [0.25, 0.3) is 5.91 Å². The number of carbonyl (C=O) groups excluding carboxylic acids is 2. The van der Waals surface area contributed by atoms with E-state index in [-0.39, 0.29) is 30.5 Å². The molecule has 0 radical (unpaired) electrons. The summed E-state index contributed by atoms with van der Waals surface area (Å²) < 4.78 is 6.13. The van der Waals surface area contributed by atoms with Crippen LogP contribution in [-0.4, -0.2) is 30.5 Å². The number of amides is 2. The van der Waals surface area contributed by atoms with Gasteiger partial charge in [0.1, 0.15) is 11.9 Å². The Balaban J connectivity index is 1.52. The fraction of sp³-hybridized carbons (Fsp3) is 0.400. The summed E-state index contributed by atoms with van der Waals surface area (Å²) in [5.41, 5.74) is 1.15. The molecule has 1 aliphatic carbocycles. The minimum atomic E-state index is -0.216. The highest BCUT2D eigenvalue weighted by Crippen LogP contribution is 2.24. The summed E-state index contributed by atoms with van der Waals surface area (Å²) in [6.07, 6.45) is 3.93. The molecule has 2 aromatic rings. The molecule has 0 bridgehead atoms. The normalized spacial score (nSPS) is 19.6. The highest BCUT2D eigenvalue weighted by atomic mass is 32.1. The Morgan fingerprint density at radius 2 is 2.04 bits per heavy atom. The number of rotatable bonds is 6. The van der Waals surface area contributed by atoms with Gasteiger partial charge in [-0.15, -0.1) is 11.3 Å². The third-order valence-corrected chi connectivity index (χ3v) is 5.35. The van der Waals surface area contributed by atoms with Gasteiger partial charge < -0.3 is 15.4 Å². The summed E-state index contributed by atoms with van der Waals surface area (Å²) >= 11 is 1.36. The smallest absolute Gasteiger partial charge is 0.261 e. The van der Waals surface area contributed by atoms with Gasteiger partial charge in [0.15, 0.2) is 0 Å². The Labute approximate surface area is 157 Å². The monoisotopic (exact) mass is 372 g/mol. The van der Waals surface area contributed by atoms with Gasteiger partial charge in [-0.3, -0.25) is 9.59 Å². The van der Waals surface area contributed by atoms with E-state index in [1.165, 1.54) is 11.3 Å². The Morgan fingerprint density at radius 1 is 1.19 bits per heavy atom. The average molecular weight is 372 g/mol. The van der Waals surface area contributed by atoms with Crippen LogP contribution in [0.2, 0.25) is 0 Å². The first-order valence-corrected chi connectivity index (χ1v) is 9.84. The molecule has 2 N–H and O–H groups in total. The fourth-order valence-corrected chi connectivity index (χ4v) is 3.82. The predicted octanol–water partition coefficient (Wildman–Crippen LogP) is 3.29. The molecule has 2 amide bonds. The predicted molar refractivity (Wildman–Crippen MR) is 103 cm³/mol. The van der Waals surface area contributed by atoms with E-state index in [2.05, 4.69) is 10.6 Å². The minimum Gasteiger partial charge on any atom is -0.488 e. The van der Waals surface area contributed by atoms with E-state index in [1.807, 2.05) is 42.6 Å². The molecule has 1 saturated carbocycles. The van der Waals surface area contributed by atoms with Crippen LogP contribution in [0.3, 0.4) is 0 Å². The zero-order valence-corrected chi connectivity index (χ0v) is 15.7. The molecule has 1 aromatic carbocycles. The van der Waals surface area contributed by atoms with Gasteiger partial charge in [0, 0.05) is 0 Å². The summed E-state index contributed by atoms with van der Waals surface area (Å²) in [6.45, 7) is 2.01. The molecular formula is C20H24N2O3S. The van der Waals surface area contributed by atoms with E-state index >= 15 is 0 Å². The summed E-state index contributed by atoms with van der Waals surface area (Å²) in [5.74, 6) is 0.438. The van der Waals surface area contributed by atoms with Crippen LogP contribution in [0.25, 0.3) is 0 Å². The lowest BCUT2D eigenvalue weighted by atomic mass is 9.92. The Hall–Kier alpha value is -2.34. The van der Waals surface area contributed by atoms with Crippen LogP contribution in [0.15, 0.2) is 41.8 Å². The lowest BCUT2D eigenvalue weighted by Crippen LogP contribution is -2.50. The van der Waals surface area contributed by atoms with Crippen LogP contribution in [0.1, 0.15) is 40.9 Å². The number of hydrogen-bond donors (Lipinski definition) is 2. The molecule has 26 heavy (non-hydrogen) atoms. The summed E-state index contributed by atoms with van der Waals surface area (Å²) in [7, 11) is 0. The number of nitrogens with one attached hydrogen (secondary N) is 2. The van der Waals surface area contributed by atoms with Gasteiger partial charge in [-0.1, -0.05) is 24.6 Å². The van der Waals surface area contributed by atoms with E-state index in [1.54, 1.807) is 6.07 Å². The molecule has 2 unspecified atom stereocenters. The standard InChI is InChI=1S/C20H24N2O3S/c1-14-6-4-7-15(12-14)25-17-9-3-2-8-16(17)22-19(23)13-21-20(24)18-10-5-11-26-18/h4-7,10-12,16-17H,2-3,8-9,13H2,1H3,(H,21,24)(H,22,23). The molecule has 0 saturated heterocycles. The van der Waals surface area contributed by atoms with Crippen molar-refractivity contribution in [1.82, 2.24) is 10.6 Å². The Bertz CT molecular complexity index is 745. The van der Waals surface area contributed by atoms with Gasteiger partial charge in [-0.25, -0.2) is 0 Å². The zero-order valence-electron chi connectivity index (χ0n) is 14.9. The van der Waals surface area contributed by atoms with Crippen LogP contribution in [-0.2, 0) is 4.79 Å². The maximum Gasteiger partial charge on any atom is 0.261 e. The molecule has 0 spiro atoms. The largest absolute Gasteiger partial charge is 0.488 e. The van der Waals surface area contributed by atoms with Gasteiger partial charge in [-0.05, 0) is 55.3 Å². The summed E-state index contributed by atoms with van der Waals surface area (Å²) in [6, 6.07) is 11.5. The van der Waals surface area contributed by atoms with E-state index in [4.69, 9.17) is 4.74 Å². The van der Waals surface area contributed by atoms with Crippen molar-refractivity contribution in [3.63, 3.8) is 0 Å². The van der Waals surface area contributed by atoms with Crippen LogP contribution < -0.4 is 15.4 Å². The van der Waals surface area contributed by atoms with Crippen molar-refractivity contribution in [3.8, 4) is 5.75 Å². The average Bonchev–Trinajstić information content (AvgIpc) is 3.16. The second-order valence-corrected chi connectivity index (χ2v) is 7.54. The van der Waals surface area contributed by atoms with Crippen molar-refractivity contribution in [3.05, 3.63) is 52.2 Å². The maximum absolute atomic E-state index is 12.3.